The van der Waals surface area contributed by atoms with Crippen LogP contribution in [0, 0.1) is 16.0 Å². The number of benzene rings is 1. The van der Waals surface area contributed by atoms with Crippen LogP contribution in [0.15, 0.2) is 18.2 Å². The summed E-state index contributed by atoms with van der Waals surface area (Å²) in [4.78, 5) is 13.1. The highest BCUT2D eigenvalue weighted by Crippen LogP contribution is 2.29. The molecular weight excluding hydrogens is 258 g/mol. The second kappa shape index (κ2) is 6.56. The topological polar surface area (TPSA) is 67.6 Å². The lowest BCUT2D eigenvalue weighted by Gasteiger charge is -2.14. The highest BCUT2D eigenvalue weighted by atomic mass is 16.6. The molecule has 1 heterocycles. The van der Waals surface area contributed by atoms with E-state index in [1.807, 2.05) is 0 Å². The summed E-state index contributed by atoms with van der Waals surface area (Å²) >= 11 is 0. The molecule has 0 spiro atoms. The Kier molecular flexibility index (Phi) is 4.79. The number of nitro benzene ring substituents is 1. The summed E-state index contributed by atoms with van der Waals surface area (Å²) in [5.41, 5.74) is 0.625. The van der Waals surface area contributed by atoms with Crippen molar-refractivity contribution >= 4 is 11.4 Å². The molecular formula is C14H21N3O3. The number of nitrogens with zero attached hydrogens (tertiary/aromatic N) is 2. The third kappa shape index (κ3) is 3.39. The van der Waals surface area contributed by atoms with E-state index in [9.17, 15) is 10.1 Å². The van der Waals surface area contributed by atoms with Crippen LogP contribution in [-0.4, -0.2) is 43.1 Å². The molecule has 1 saturated heterocycles. The Bertz CT molecular complexity index is 479. The molecule has 0 aliphatic carbocycles. The Balaban J connectivity index is 2.00. The summed E-state index contributed by atoms with van der Waals surface area (Å²) in [6.45, 7) is 6.17. The van der Waals surface area contributed by atoms with Gasteiger partial charge in [0.25, 0.3) is 5.69 Å². The van der Waals surface area contributed by atoms with Gasteiger partial charge < -0.3 is 15.0 Å². The molecule has 1 fully saturated rings. The third-order valence-electron chi connectivity index (χ3n) is 3.80. The largest absolute Gasteiger partial charge is 0.496 e. The van der Waals surface area contributed by atoms with E-state index in [1.54, 1.807) is 12.1 Å². The molecule has 0 aromatic heterocycles. The molecule has 1 N–H and O–H groups in total. The van der Waals surface area contributed by atoms with Crippen molar-refractivity contribution in [1.82, 2.24) is 4.90 Å². The molecule has 110 valence electrons. The third-order valence-corrected chi connectivity index (χ3v) is 3.80. The maximum Gasteiger partial charge on any atom is 0.296 e. The summed E-state index contributed by atoms with van der Waals surface area (Å²) in [5.74, 6) is 1.05. The Morgan fingerprint density at radius 2 is 2.35 bits per heavy atom. The second-order valence-electron chi connectivity index (χ2n) is 5.07. The molecule has 2 rings (SSSR count). The molecule has 1 aliphatic rings. The van der Waals surface area contributed by atoms with Crippen molar-refractivity contribution < 1.29 is 9.66 Å². The standard InChI is InChI=1S/C14H21N3O3/c1-3-16-7-6-11(10-16)9-15-13-5-4-12(20-2)8-14(13)17(18)19/h4-5,8,11,15H,3,6-7,9-10H2,1-2H3. The van der Waals surface area contributed by atoms with Gasteiger partial charge in [-0.2, -0.15) is 0 Å². The monoisotopic (exact) mass is 279 g/mol. The van der Waals surface area contributed by atoms with Crippen LogP contribution in [-0.2, 0) is 0 Å². The Hall–Kier alpha value is -1.82. The van der Waals surface area contributed by atoms with Gasteiger partial charge in [0.05, 0.1) is 18.1 Å². The average Bonchev–Trinajstić information content (AvgIpc) is 2.92. The molecule has 1 aromatic rings. The van der Waals surface area contributed by atoms with Gasteiger partial charge in [-0.05, 0) is 37.6 Å². The van der Waals surface area contributed by atoms with Gasteiger partial charge in [0.15, 0.2) is 0 Å². The number of ether oxygens (including phenoxy) is 1. The number of anilines is 1. The predicted molar refractivity (Wildman–Crippen MR) is 78.4 cm³/mol. The van der Waals surface area contributed by atoms with Gasteiger partial charge in [-0.15, -0.1) is 0 Å². The van der Waals surface area contributed by atoms with Crippen molar-refractivity contribution in [3.05, 3.63) is 28.3 Å². The molecule has 6 heteroatoms. The lowest BCUT2D eigenvalue weighted by molar-refractivity contribution is -0.384. The highest BCUT2D eigenvalue weighted by molar-refractivity contribution is 5.63. The first kappa shape index (κ1) is 14.6. The lowest BCUT2D eigenvalue weighted by Crippen LogP contribution is -2.22. The van der Waals surface area contributed by atoms with Crippen LogP contribution >= 0.6 is 0 Å². The number of methoxy groups -OCH3 is 1. The first-order valence-corrected chi connectivity index (χ1v) is 6.92. The molecule has 0 bridgehead atoms. The van der Waals surface area contributed by atoms with Crippen molar-refractivity contribution in [2.45, 2.75) is 13.3 Å². The number of hydrogen-bond donors (Lipinski definition) is 1. The molecule has 1 aliphatic heterocycles. The quantitative estimate of drug-likeness (QED) is 0.639. The number of nitro groups is 1. The van der Waals surface area contributed by atoms with Gasteiger partial charge >= 0.3 is 0 Å². The van der Waals surface area contributed by atoms with Crippen LogP contribution in [0.25, 0.3) is 0 Å². The summed E-state index contributed by atoms with van der Waals surface area (Å²) < 4.78 is 5.03. The van der Waals surface area contributed by atoms with Crippen molar-refractivity contribution in [2.24, 2.45) is 5.92 Å². The SMILES string of the molecule is CCN1CCC(CNc2ccc(OC)cc2[N+](=O)[O-])C1. The smallest absolute Gasteiger partial charge is 0.296 e. The van der Waals surface area contributed by atoms with E-state index in [4.69, 9.17) is 4.74 Å². The van der Waals surface area contributed by atoms with Gasteiger partial charge in [0, 0.05) is 13.1 Å². The van der Waals surface area contributed by atoms with Crippen LogP contribution in [0.1, 0.15) is 13.3 Å². The van der Waals surface area contributed by atoms with Gasteiger partial charge in [-0.25, -0.2) is 0 Å². The summed E-state index contributed by atoms with van der Waals surface area (Å²) in [7, 11) is 1.50. The van der Waals surface area contributed by atoms with Gasteiger partial charge in [0.1, 0.15) is 11.4 Å². The van der Waals surface area contributed by atoms with Crippen molar-refractivity contribution in [1.29, 1.82) is 0 Å². The van der Waals surface area contributed by atoms with Gasteiger partial charge in [-0.3, -0.25) is 10.1 Å². The van der Waals surface area contributed by atoms with E-state index in [0.29, 0.717) is 17.4 Å². The molecule has 0 amide bonds. The molecule has 1 atom stereocenters. The molecule has 1 unspecified atom stereocenters. The fourth-order valence-electron chi connectivity index (χ4n) is 2.56. The fourth-order valence-corrected chi connectivity index (χ4v) is 2.56. The van der Waals surface area contributed by atoms with Crippen LogP contribution in [0.4, 0.5) is 11.4 Å². The number of rotatable bonds is 6. The first-order valence-electron chi connectivity index (χ1n) is 6.92. The van der Waals surface area contributed by atoms with Crippen LogP contribution in [0.2, 0.25) is 0 Å². The van der Waals surface area contributed by atoms with Crippen molar-refractivity contribution in [3.63, 3.8) is 0 Å². The zero-order chi connectivity index (χ0) is 14.5. The normalized spacial score (nSPS) is 19.0. The van der Waals surface area contributed by atoms with Crippen molar-refractivity contribution in [2.75, 3.05) is 38.6 Å². The highest BCUT2D eigenvalue weighted by Gasteiger charge is 2.22. The van der Waals surface area contributed by atoms with Crippen molar-refractivity contribution in [3.8, 4) is 5.75 Å². The molecule has 1 aromatic carbocycles. The van der Waals surface area contributed by atoms with Crippen LogP contribution in [0.3, 0.4) is 0 Å². The average molecular weight is 279 g/mol. The number of nitrogens with one attached hydrogen (secondary N) is 1. The zero-order valence-electron chi connectivity index (χ0n) is 12.0. The van der Waals surface area contributed by atoms with Gasteiger partial charge in [-0.1, -0.05) is 6.92 Å². The zero-order valence-corrected chi connectivity index (χ0v) is 12.0. The second-order valence-corrected chi connectivity index (χ2v) is 5.07. The predicted octanol–water partition coefficient (Wildman–Crippen LogP) is 2.36. The van der Waals surface area contributed by atoms with Crippen LogP contribution < -0.4 is 10.1 Å². The fraction of sp³-hybridized carbons (Fsp3) is 0.571. The van der Waals surface area contributed by atoms with Crippen LogP contribution in [0.5, 0.6) is 5.75 Å². The van der Waals surface area contributed by atoms with E-state index in [1.165, 1.54) is 13.2 Å². The minimum absolute atomic E-state index is 0.0645. The molecule has 20 heavy (non-hydrogen) atoms. The maximum atomic E-state index is 11.1. The first-order chi connectivity index (χ1) is 9.63. The minimum Gasteiger partial charge on any atom is -0.496 e. The van der Waals surface area contributed by atoms with E-state index in [-0.39, 0.29) is 10.6 Å². The number of likely N-dealkylation sites (tertiary alicyclic amines) is 1. The van der Waals surface area contributed by atoms with E-state index in [2.05, 4.69) is 17.1 Å². The van der Waals surface area contributed by atoms with Gasteiger partial charge in [0.2, 0.25) is 0 Å². The minimum atomic E-state index is -0.377. The maximum absolute atomic E-state index is 11.1. The summed E-state index contributed by atoms with van der Waals surface area (Å²) in [6, 6.07) is 4.90. The Morgan fingerprint density at radius 1 is 1.55 bits per heavy atom. The van der Waals surface area contributed by atoms with E-state index < -0.39 is 0 Å². The summed E-state index contributed by atoms with van der Waals surface area (Å²) in [6.07, 6.45) is 1.14. The van der Waals surface area contributed by atoms with E-state index >= 15 is 0 Å². The Labute approximate surface area is 118 Å². The van der Waals surface area contributed by atoms with E-state index in [0.717, 1.165) is 32.6 Å². The number of hydrogen-bond acceptors (Lipinski definition) is 5. The lowest BCUT2D eigenvalue weighted by atomic mass is 10.1. The summed E-state index contributed by atoms with van der Waals surface area (Å²) in [5, 5.41) is 14.3. The molecule has 0 radical (unpaired) electrons. The molecule has 6 nitrogen and oxygen atoms in total. The molecule has 0 saturated carbocycles. The Morgan fingerprint density at radius 3 is 2.95 bits per heavy atom.